The molecule has 0 atom stereocenters. The van der Waals surface area contributed by atoms with E-state index in [2.05, 4.69) is 10.4 Å². The molecule has 1 aromatic carbocycles. The van der Waals surface area contributed by atoms with Gasteiger partial charge in [0, 0.05) is 30.3 Å². The van der Waals surface area contributed by atoms with Crippen LogP contribution in [0.5, 0.6) is 11.6 Å². The maximum Gasteiger partial charge on any atom is 0.263 e. The SMILES string of the molecule is COc1ccc(-n2nc3c(c2NC(=O)c2cn(C)nc2OC)CSC3)cc1. The summed E-state index contributed by atoms with van der Waals surface area (Å²) in [6.45, 7) is 0. The molecule has 0 fully saturated rings. The van der Waals surface area contributed by atoms with E-state index in [4.69, 9.17) is 14.6 Å². The first-order chi connectivity index (χ1) is 13.1. The Labute approximate surface area is 160 Å². The van der Waals surface area contributed by atoms with E-state index in [9.17, 15) is 4.79 Å². The Morgan fingerprint density at radius 1 is 1.15 bits per heavy atom. The first-order valence-electron chi connectivity index (χ1n) is 8.32. The summed E-state index contributed by atoms with van der Waals surface area (Å²) in [5, 5.41) is 11.8. The van der Waals surface area contributed by atoms with E-state index < -0.39 is 0 Å². The summed E-state index contributed by atoms with van der Waals surface area (Å²) in [5.41, 5.74) is 3.27. The van der Waals surface area contributed by atoms with Crippen LogP contribution in [0.2, 0.25) is 0 Å². The van der Waals surface area contributed by atoms with Crippen LogP contribution < -0.4 is 14.8 Å². The number of thioether (sulfide) groups is 1. The van der Waals surface area contributed by atoms with Crippen LogP contribution >= 0.6 is 11.8 Å². The Balaban J connectivity index is 1.72. The van der Waals surface area contributed by atoms with E-state index in [0.29, 0.717) is 11.4 Å². The summed E-state index contributed by atoms with van der Waals surface area (Å²) in [6, 6.07) is 7.56. The molecule has 1 amide bonds. The second kappa shape index (κ2) is 6.99. The predicted octanol–water partition coefficient (Wildman–Crippen LogP) is 2.62. The van der Waals surface area contributed by atoms with Crippen molar-refractivity contribution in [2.45, 2.75) is 11.5 Å². The highest BCUT2D eigenvalue weighted by molar-refractivity contribution is 7.98. The molecule has 27 heavy (non-hydrogen) atoms. The van der Waals surface area contributed by atoms with Crippen molar-refractivity contribution in [2.75, 3.05) is 19.5 Å². The molecule has 0 aliphatic carbocycles. The number of carbonyl (C=O) groups excluding carboxylic acids is 1. The Bertz CT molecular complexity index is 993. The number of anilines is 1. The van der Waals surface area contributed by atoms with E-state index in [0.717, 1.165) is 34.2 Å². The van der Waals surface area contributed by atoms with Gasteiger partial charge in [-0.2, -0.15) is 16.9 Å². The normalized spacial score (nSPS) is 12.7. The topological polar surface area (TPSA) is 83.2 Å². The fraction of sp³-hybridized carbons (Fsp3) is 0.278. The minimum atomic E-state index is -0.283. The number of aromatic nitrogens is 4. The quantitative estimate of drug-likeness (QED) is 0.727. The molecule has 1 aliphatic rings. The second-order valence-corrected chi connectivity index (χ2v) is 7.04. The fourth-order valence-corrected chi connectivity index (χ4v) is 4.04. The van der Waals surface area contributed by atoms with Crippen molar-refractivity contribution in [3.8, 4) is 17.3 Å². The molecule has 4 rings (SSSR count). The average molecular weight is 385 g/mol. The summed E-state index contributed by atoms with van der Waals surface area (Å²) in [7, 11) is 4.87. The van der Waals surface area contributed by atoms with Gasteiger partial charge in [-0.05, 0) is 24.3 Å². The first kappa shape index (κ1) is 17.5. The number of rotatable bonds is 5. The van der Waals surface area contributed by atoms with Crippen LogP contribution in [0.15, 0.2) is 30.5 Å². The number of hydrogen-bond donors (Lipinski definition) is 1. The van der Waals surface area contributed by atoms with Gasteiger partial charge in [-0.15, -0.1) is 5.10 Å². The highest BCUT2D eigenvalue weighted by Crippen LogP contribution is 2.36. The monoisotopic (exact) mass is 385 g/mol. The third-order valence-corrected chi connectivity index (χ3v) is 5.30. The molecule has 3 heterocycles. The van der Waals surface area contributed by atoms with Gasteiger partial charge in [-0.1, -0.05) is 0 Å². The van der Waals surface area contributed by atoms with Gasteiger partial charge >= 0.3 is 0 Å². The maximum absolute atomic E-state index is 12.9. The number of methoxy groups -OCH3 is 2. The van der Waals surface area contributed by atoms with Crippen molar-refractivity contribution in [3.05, 3.63) is 47.3 Å². The van der Waals surface area contributed by atoms with Crippen molar-refractivity contribution < 1.29 is 14.3 Å². The molecule has 0 saturated carbocycles. The van der Waals surface area contributed by atoms with Gasteiger partial charge < -0.3 is 14.8 Å². The lowest BCUT2D eigenvalue weighted by Crippen LogP contribution is -2.16. The van der Waals surface area contributed by atoms with Crippen LogP contribution in [0.25, 0.3) is 5.69 Å². The number of aryl methyl sites for hydroxylation is 1. The standard InChI is InChI=1S/C18H19N5O3S/c1-22-8-13(18(21-22)26-3)17(24)19-16-14-9-27-10-15(14)20-23(16)11-4-6-12(25-2)7-5-11/h4-8H,9-10H2,1-3H3,(H,19,24). The molecular weight excluding hydrogens is 366 g/mol. The summed E-state index contributed by atoms with van der Waals surface area (Å²) in [4.78, 5) is 12.9. The van der Waals surface area contributed by atoms with Crippen molar-refractivity contribution in [1.29, 1.82) is 0 Å². The summed E-state index contributed by atoms with van der Waals surface area (Å²) >= 11 is 1.78. The van der Waals surface area contributed by atoms with Gasteiger partial charge in [-0.3, -0.25) is 9.48 Å². The van der Waals surface area contributed by atoms with Crippen molar-refractivity contribution in [1.82, 2.24) is 19.6 Å². The lowest BCUT2D eigenvalue weighted by molar-refractivity contribution is 0.102. The van der Waals surface area contributed by atoms with E-state index in [1.54, 1.807) is 41.5 Å². The number of ether oxygens (including phenoxy) is 2. The molecule has 3 aromatic rings. The van der Waals surface area contributed by atoms with Crippen LogP contribution in [0.1, 0.15) is 21.6 Å². The van der Waals surface area contributed by atoms with Crippen LogP contribution in [-0.4, -0.2) is 39.7 Å². The van der Waals surface area contributed by atoms with E-state index in [1.807, 2.05) is 24.3 Å². The van der Waals surface area contributed by atoms with Crippen LogP contribution in [0, 0.1) is 0 Å². The molecule has 9 heteroatoms. The first-order valence-corrected chi connectivity index (χ1v) is 9.48. The van der Waals surface area contributed by atoms with Crippen molar-refractivity contribution >= 4 is 23.5 Å². The van der Waals surface area contributed by atoms with Gasteiger partial charge in [-0.25, -0.2) is 4.68 Å². The fourth-order valence-electron chi connectivity index (χ4n) is 3.00. The van der Waals surface area contributed by atoms with Gasteiger partial charge in [0.1, 0.15) is 17.1 Å². The van der Waals surface area contributed by atoms with Crippen molar-refractivity contribution in [2.24, 2.45) is 7.05 Å². The Hall–Kier alpha value is -2.94. The summed E-state index contributed by atoms with van der Waals surface area (Å²) in [6.07, 6.45) is 1.64. The number of fused-ring (bicyclic) bond motifs is 1. The molecule has 2 aromatic heterocycles. The lowest BCUT2D eigenvalue weighted by Gasteiger charge is -2.11. The molecule has 0 spiro atoms. The van der Waals surface area contributed by atoms with Crippen LogP contribution in [0.4, 0.5) is 5.82 Å². The predicted molar refractivity (Wildman–Crippen MR) is 103 cm³/mol. The van der Waals surface area contributed by atoms with Gasteiger partial charge in [0.25, 0.3) is 5.91 Å². The number of benzene rings is 1. The Morgan fingerprint density at radius 3 is 2.63 bits per heavy atom. The van der Waals surface area contributed by atoms with Gasteiger partial charge in [0.2, 0.25) is 5.88 Å². The molecule has 140 valence electrons. The van der Waals surface area contributed by atoms with Crippen LogP contribution in [-0.2, 0) is 18.6 Å². The number of nitrogens with one attached hydrogen (secondary N) is 1. The highest BCUT2D eigenvalue weighted by atomic mass is 32.2. The highest BCUT2D eigenvalue weighted by Gasteiger charge is 2.26. The van der Waals surface area contributed by atoms with Crippen molar-refractivity contribution in [3.63, 3.8) is 0 Å². The zero-order chi connectivity index (χ0) is 19.0. The molecule has 1 aliphatic heterocycles. The smallest absolute Gasteiger partial charge is 0.263 e. The largest absolute Gasteiger partial charge is 0.497 e. The van der Waals surface area contributed by atoms with Gasteiger partial charge in [0.05, 0.1) is 25.6 Å². The molecule has 8 nitrogen and oxygen atoms in total. The Kier molecular flexibility index (Phi) is 4.53. The third-order valence-electron chi connectivity index (χ3n) is 4.33. The average Bonchev–Trinajstić information content (AvgIpc) is 3.37. The zero-order valence-corrected chi connectivity index (χ0v) is 16.0. The second-order valence-electron chi connectivity index (χ2n) is 6.06. The number of nitrogens with zero attached hydrogens (tertiary/aromatic N) is 4. The van der Waals surface area contributed by atoms with E-state index in [-0.39, 0.29) is 11.8 Å². The van der Waals surface area contributed by atoms with E-state index >= 15 is 0 Å². The third kappa shape index (κ3) is 3.14. The zero-order valence-electron chi connectivity index (χ0n) is 15.2. The summed E-state index contributed by atoms with van der Waals surface area (Å²) in [5.74, 6) is 3.09. The van der Waals surface area contributed by atoms with Crippen LogP contribution in [0.3, 0.4) is 0 Å². The molecule has 0 unspecified atom stereocenters. The maximum atomic E-state index is 12.9. The minimum Gasteiger partial charge on any atom is -0.497 e. The number of hydrogen-bond acceptors (Lipinski definition) is 6. The van der Waals surface area contributed by atoms with E-state index in [1.165, 1.54) is 7.11 Å². The number of carbonyl (C=O) groups is 1. The lowest BCUT2D eigenvalue weighted by atomic mass is 10.2. The number of amides is 1. The molecular formula is C18H19N5O3S. The van der Waals surface area contributed by atoms with Gasteiger partial charge in [0.15, 0.2) is 0 Å². The minimum absolute atomic E-state index is 0.283. The molecule has 0 saturated heterocycles. The summed E-state index contributed by atoms with van der Waals surface area (Å²) < 4.78 is 13.7. The Morgan fingerprint density at radius 2 is 1.93 bits per heavy atom. The molecule has 0 radical (unpaired) electrons. The molecule has 1 N–H and O–H groups in total. The molecule has 0 bridgehead atoms.